The van der Waals surface area contributed by atoms with Gasteiger partial charge in [-0.05, 0) is 17.8 Å². The first-order chi connectivity index (χ1) is 9.88. The molecule has 1 unspecified atom stereocenters. The van der Waals surface area contributed by atoms with Crippen LogP contribution in [0.2, 0.25) is 0 Å². The number of rotatable bonds is 5. The van der Waals surface area contributed by atoms with E-state index in [2.05, 4.69) is 20.8 Å². The Morgan fingerprint density at radius 1 is 1.24 bits per heavy atom. The topological polar surface area (TPSA) is 37.4 Å². The fourth-order valence-electron chi connectivity index (χ4n) is 2.77. The minimum absolute atomic E-state index is 0.162. The largest absolute Gasteiger partial charge is 0.342 e. The number of nitrogens with zero attached hydrogens (tertiary/aromatic N) is 1. The van der Waals surface area contributed by atoms with Crippen LogP contribution in [0.25, 0.3) is 0 Å². The molecule has 0 aliphatic carbocycles. The molecule has 0 aromatic heterocycles. The Bertz CT molecular complexity index is 502. The quantitative estimate of drug-likeness (QED) is 0.777. The van der Waals surface area contributed by atoms with E-state index in [4.69, 9.17) is 0 Å². The molecule has 114 valence electrons. The second kappa shape index (κ2) is 6.42. The van der Waals surface area contributed by atoms with Gasteiger partial charge in [0.25, 0.3) is 0 Å². The monoisotopic (exact) mass is 287 g/mol. The highest BCUT2D eigenvalue weighted by Crippen LogP contribution is 2.34. The molecule has 0 radical (unpaired) electrons. The molecule has 1 aromatic rings. The second-order valence-corrected chi connectivity index (χ2v) is 7.00. The molecule has 1 heterocycles. The summed E-state index contributed by atoms with van der Waals surface area (Å²) in [5.41, 5.74) is 0.933. The van der Waals surface area contributed by atoms with Gasteiger partial charge in [0.05, 0.1) is 0 Å². The first-order valence-electron chi connectivity index (χ1n) is 7.74. The highest BCUT2D eigenvalue weighted by atomic mass is 16.2. The Morgan fingerprint density at radius 3 is 2.48 bits per heavy atom. The summed E-state index contributed by atoms with van der Waals surface area (Å²) in [5.74, 6) is 0.825. The predicted molar refractivity (Wildman–Crippen MR) is 84.1 cm³/mol. The van der Waals surface area contributed by atoms with Crippen LogP contribution in [0.5, 0.6) is 0 Å². The minimum Gasteiger partial charge on any atom is -0.342 e. The summed E-state index contributed by atoms with van der Waals surface area (Å²) >= 11 is 0. The van der Waals surface area contributed by atoms with Crippen LogP contribution in [0.15, 0.2) is 30.3 Å². The van der Waals surface area contributed by atoms with E-state index in [1.54, 1.807) is 0 Å². The van der Waals surface area contributed by atoms with E-state index >= 15 is 0 Å². The zero-order valence-electron chi connectivity index (χ0n) is 13.3. The predicted octanol–water partition coefficient (Wildman–Crippen LogP) is 3.54. The number of benzene rings is 1. The lowest BCUT2D eigenvalue weighted by molar-refractivity contribution is -0.127. The standard InChI is InChI=1S/C18H25NO2/c1-18(2,3)15-12-17(21)19(13-15)11-7-10-16(20)14-8-5-4-6-9-14/h4-6,8-9,15H,7,10-13H2,1-3H3. The Hall–Kier alpha value is -1.64. The minimum atomic E-state index is 0.162. The second-order valence-electron chi connectivity index (χ2n) is 7.00. The van der Waals surface area contributed by atoms with E-state index in [9.17, 15) is 9.59 Å². The van der Waals surface area contributed by atoms with Gasteiger partial charge in [0.15, 0.2) is 5.78 Å². The maximum absolute atomic E-state index is 12.0. The molecular weight excluding hydrogens is 262 g/mol. The number of carbonyl (C=O) groups is 2. The van der Waals surface area contributed by atoms with Gasteiger partial charge in [0, 0.05) is 31.5 Å². The zero-order valence-corrected chi connectivity index (χ0v) is 13.3. The lowest BCUT2D eigenvalue weighted by Gasteiger charge is -2.26. The van der Waals surface area contributed by atoms with Gasteiger partial charge in [-0.3, -0.25) is 9.59 Å². The third-order valence-corrected chi connectivity index (χ3v) is 4.37. The Kier molecular flexibility index (Phi) is 4.81. The van der Waals surface area contributed by atoms with Crippen molar-refractivity contribution in [2.45, 2.75) is 40.0 Å². The first kappa shape index (κ1) is 15.7. The van der Waals surface area contributed by atoms with Crippen molar-refractivity contribution in [3.05, 3.63) is 35.9 Å². The SMILES string of the molecule is CC(C)(C)C1CC(=O)N(CCCC(=O)c2ccccc2)C1. The van der Waals surface area contributed by atoms with E-state index in [1.807, 2.05) is 35.2 Å². The highest BCUT2D eigenvalue weighted by Gasteiger charge is 2.36. The van der Waals surface area contributed by atoms with E-state index in [0.29, 0.717) is 25.3 Å². The van der Waals surface area contributed by atoms with Crippen LogP contribution in [0.3, 0.4) is 0 Å². The summed E-state index contributed by atoms with van der Waals surface area (Å²) in [4.78, 5) is 26.0. The molecule has 1 atom stereocenters. The molecule has 0 bridgehead atoms. The van der Waals surface area contributed by atoms with Crippen molar-refractivity contribution in [2.75, 3.05) is 13.1 Å². The summed E-state index contributed by atoms with van der Waals surface area (Å²) in [5, 5.41) is 0. The van der Waals surface area contributed by atoms with Crippen molar-refractivity contribution in [1.82, 2.24) is 4.90 Å². The van der Waals surface area contributed by atoms with Gasteiger partial charge in [0.2, 0.25) is 5.91 Å². The summed E-state index contributed by atoms with van der Waals surface area (Å²) in [6.07, 6.45) is 1.90. The molecule has 1 aliphatic heterocycles. The van der Waals surface area contributed by atoms with Gasteiger partial charge >= 0.3 is 0 Å². The normalized spacial score (nSPS) is 19.1. The number of hydrogen-bond acceptors (Lipinski definition) is 2. The van der Waals surface area contributed by atoms with Gasteiger partial charge in [-0.1, -0.05) is 51.1 Å². The fourth-order valence-corrected chi connectivity index (χ4v) is 2.77. The Balaban J connectivity index is 1.79. The van der Waals surface area contributed by atoms with Gasteiger partial charge in [-0.2, -0.15) is 0 Å². The van der Waals surface area contributed by atoms with E-state index < -0.39 is 0 Å². The van der Waals surface area contributed by atoms with E-state index in [-0.39, 0.29) is 17.1 Å². The van der Waals surface area contributed by atoms with E-state index in [0.717, 1.165) is 18.5 Å². The molecule has 1 amide bonds. The van der Waals surface area contributed by atoms with Crippen molar-refractivity contribution in [2.24, 2.45) is 11.3 Å². The first-order valence-corrected chi connectivity index (χ1v) is 7.74. The van der Waals surface area contributed by atoms with Gasteiger partial charge in [-0.25, -0.2) is 0 Å². The molecule has 21 heavy (non-hydrogen) atoms. The average Bonchev–Trinajstić information content (AvgIpc) is 2.81. The molecule has 0 saturated carbocycles. The third-order valence-electron chi connectivity index (χ3n) is 4.37. The van der Waals surface area contributed by atoms with Crippen molar-refractivity contribution >= 4 is 11.7 Å². The number of Topliss-reactive ketones (excluding diaryl/α,β-unsaturated/α-hetero) is 1. The average molecular weight is 287 g/mol. The lowest BCUT2D eigenvalue weighted by atomic mass is 9.80. The molecule has 1 aliphatic rings. The van der Waals surface area contributed by atoms with Gasteiger partial charge in [-0.15, -0.1) is 0 Å². The number of carbonyl (C=O) groups excluding carboxylic acids is 2. The summed E-state index contributed by atoms with van der Waals surface area (Å²) in [6.45, 7) is 8.10. The van der Waals surface area contributed by atoms with Crippen molar-refractivity contribution in [3.8, 4) is 0 Å². The molecule has 0 N–H and O–H groups in total. The molecule has 2 rings (SSSR count). The highest BCUT2D eigenvalue weighted by molar-refractivity contribution is 5.95. The van der Waals surface area contributed by atoms with Crippen molar-refractivity contribution in [3.63, 3.8) is 0 Å². The molecule has 0 spiro atoms. The molecule has 1 fully saturated rings. The number of amides is 1. The summed E-state index contributed by atoms with van der Waals surface area (Å²) in [7, 11) is 0. The van der Waals surface area contributed by atoms with Crippen LogP contribution in [0.1, 0.15) is 50.4 Å². The Labute approximate surface area is 127 Å². The van der Waals surface area contributed by atoms with Crippen LogP contribution in [-0.2, 0) is 4.79 Å². The van der Waals surface area contributed by atoms with Crippen LogP contribution in [0.4, 0.5) is 0 Å². The van der Waals surface area contributed by atoms with Crippen molar-refractivity contribution < 1.29 is 9.59 Å². The maximum Gasteiger partial charge on any atom is 0.222 e. The number of hydrogen-bond donors (Lipinski definition) is 0. The van der Waals surface area contributed by atoms with Crippen LogP contribution in [-0.4, -0.2) is 29.7 Å². The van der Waals surface area contributed by atoms with Gasteiger partial charge < -0.3 is 4.90 Å². The fraction of sp³-hybridized carbons (Fsp3) is 0.556. The third kappa shape index (κ3) is 4.16. The van der Waals surface area contributed by atoms with Crippen LogP contribution >= 0.6 is 0 Å². The maximum atomic E-state index is 12.0. The molecule has 1 saturated heterocycles. The summed E-state index contributed by atoms with van der Waals surface area (Å²) < 4.78 is 0. The molecule has 1 aromatic carbocycles. The molecular formula is C18H25NO2. The zero-order chi connectivity index (χ0) is 15.5. The van der Waals surface area contributed by atoms with Crippen LogP contribution in [0, 0.1) is 11.3 Å². The summed E-state index contributed by atoms with van der Waals surface area (Å²) in [6, 6.07) is 9.36. The molecule has 3 nitrogen and oxygen atoms in total. The number of likely N-dealkylation sites (tertiary alicyclic amines) is 1. The smallest absolute Gasteiger partial charge is 0.222 e. The molecule has 3 heteroatoms. The van der Waals surface area contributed by atoms with E-state index in [1.165, 1.54) is 0 Å². The lowest BCUT2D eigenvalue weighted by Crippen LogP contribution is -2.28. The van der Waals surface area contributed by atoms with Crippen molar-refractivity contribution in [1.29, 1.82) is 0 Å². The Morgan fingerprint density at radius 2 is 1.90 bits per heavy atom. The van der Waals surface area contributed by atoms with Gasteiger partial charge in [0.1, 0.15) is 0 Å². The van der Waals surface area contributed by atoms with Crippen LogP contribution < -0.4 is 0 Å². The number of ketones is 1.